The van der Waals surface area contributed by atoms with Crippen molar-refractivity contribution in [1.82, 2.24) is 4.90 Å². The minimum atomic E-state index is -0.0292. The fourth-order valence-electron chi connectivity index (χ4n) is 7.50. The molecule has 0 aliphatic heterocycles. The molecule has 0 saturated heterocycles. The van der Waals surface area contributed by atoms with Crippen LogP contribution in [0.4, 0.5) is 0 Å². The molecule has 6 nitrogen and oxygen atoms in total. The van der Waals surface area contributed by atoms with E-state index in [4.69, 9.17) is 9.47 Å². The van der Waals surface area contributed by atoms with Gasteiger partial charge in [0.15, 0.2) is 0 Å². The standard InChI is InChI=1S/C47H93NO5/c1-5-8-11-14-17-18-21-28-35-44(4)53-46(50)38-31-24-19-25-32-39-48(41-42-49)40-33-26-20-27-34-43-52-47(51)45(36-29-22-15-12-9-6-2)37-30-23-16-13-10-7-3/h44-45,49H,5-43H2,1-4H3. The number of aliphatic hydroxyl groups is 1. The van der Waals surface area contributed by atoms with Crippen molar-refractivity contribution >= 4 is 11.9 Å². The van der Waals surface area contributed by atoms with Gasteiger partial charge in [-0.1, -0.05) is 181 Å². The first-order chi connectivity index (χ1) is 26.0. The molecular weight excluding hydrogens is 659 g/mol. The molecule has 0 radical (unpaired) electrons. The molecule has 6 heteroatoms. The summed E-state index contributed by atoms with van der Waals surface area (Å²) in [6, 6.07) is 0. The van der Waals surface area contributed by atoms with Crippen molar-refractivity contribution in [2.75, 3.05) is 32.8 Å². The fraction of sp³-hybridized carbons (Fsp3) is 0.957. The quantitative estimate of drug-likeness (QED) is 0.0494. The summed E-state index contributed by atoms with van der Waals surface area (Å²) in [5.41, 5.74) is 0. The summed E-state index contributed by atoms with van der Waals surface area (Å²) in [6.07, 6.45) is 40.3. The first-order valence-corrected chi connectivity index (χ1v) is 23.7. The molecular formula is C47H93NO5. The molecule has 53 heavy (non-hydrogen) atoms. The molecule has 0 bridgehead atoms. The van der Waals surface area contributed by atoms with Crippen LogP contribution in [0, 0.1) is 5.92 Å². The van der Waals surface area contributed by atoms with Crippen LogP contribution in [-0.4, -0.2) is 60.9 Å². The summed E-state index contributed by atoms with van der Waals surface area (Å²) in [6.45, 7) is 12.4. The number of aliphatic hydroxyl groups excluding tert-OH is 1. The van der Waals surface area contributed by atoms with E-state index in [2.05, 4.69) is 25.7 Å². The molecule has 0 aromatic rings. The maximum atomic E-state index is 13.0. The Hall–Kier alpha value is -1.14. The lowest BCUT2D eigenvalue weighted by Gasteiger charge is -2.21. The van der Waals surface area contributed by atoms with Gasteiger partial charge in [-0.15, -0.1) is 0 Å². The summed E-state index contributed by atoms with van der Waals surface area (Å²) < 4.78 is 11.5. The number of esters is 2. The van der Waals surface area contributed by atoms with Gasteiger partial charge in [0, 0.05) is 13.0 Å². The third kappa shape index (κ3) is 37.6. The second kappa shape index (κ2) is 42.0. The largest absolute Gasteiger partial charge is 0.465 e. The van der Waals surface area contributed by atoms with E-state index in [9.17, 15) is 14.7 Å². The highest BCUT2D eigenvalue weighted by atomic mass is 16.5. The number of carbonyl (C=O) groups excluding carboxylic acids is 2. The molecule has 0 aromatic carbocycles. The number of hydrogen-bond acceptors (Lipinski definition) is 6. The van der Waals surface area contributed by atoms with E-state index >= 15 is 0 Å². The molecule has 0 amide bonds. The van der Waals surface area contributed by atoms with Crippen LogP contribution in [0.15, 0.2) is 0 Å². The average molecular weight is 752 g/mol. The Morgan fingerprint density at radius 3 is 1.36 bits per heavy atom. The van der Waals surface area contributed by atoms with E-state index < -0.39 is 0 Å². The number of rotatable bonds is 43. The molecule has 1 unspecified atom stereocenters. The first-order valence-electron chi connectivity index (χ1n) is 23.7. The predicted octanol–water partition coefficient (Wildman–Crippen LogP) is 13.7. The number of unbranched alkanes of at least 4 members (excludes halogenated alkanes) is 25. The molecule has 0 aliphatic rings. The molecule has 0 aliphatic carbocycles. The van der Waals surface area contributed by atoms with Crippen molar-refractivity contribution in [3.63, 3.8) is 0 Å². The first kappa shape index (κ1) is 51.9. The van der Waals surface area contributed by atoms with Gasteiger partial charge >= 0.3 is 11.9 Å². The minimum Gasteiger partial charge on any atom is -0.465 e. The molecule has 316 valence electrons. The van der Waals surface area contributed by atoms with Crippen LogP contribution in [-0.2, 0) is 19.1 Å². The van der Waals surface area contributed by atoms with Crippen molar-refractivity contribution in [2.45, 2.75) is 252 Å². The Balaban J connectivity index is 3.96. The predicted molar refractivity (Wildman–Crippen MR) is 228 cm³/mol. The summed E-state index contributed by atoms with van der Waals surface area (Å²) in [4.78, 5) is 27.6. The second-order valence-corrected chi connectivity index (χ2v) is 16.4. The summed E-state index contributed by atoms with van der Waals surface area (Å²) >= 11 is 0. The molecule has 1 N–H and O–H groups in total. The van der Waals surface area contributed by atoms with Gasteiger partial charge in [0.25, 0.3) is 0 Å². The number of hydrogen-bond donors (Lipinski definition) is 1. The van der Waals surface area contributed by atoms with Gasteiger partial charge < -0.3 is 19.5 Å². The average Bonchev–Trinajstić information content (AvgIpc) is 3.15. The van der Waals surface area contributed by atoms with Gasteiger partial charge in [-0.3, -0.25) is 9.59 Å². The molecule has 0 heterocycles. The third-order valence-corrected chi connectivity index (χ3v) is 11.1. The van der Waals surface area contributed by atoms with E-state index in [0.29, 0.717) is 13.0 Å². The summed E-state index contributed by atoms with van der Waals surface area (Å²) in [5.74, 6) is 0.124. The molecule has 0 aromatic heterocycles. The number of ether oxygens (including phenoxy) is 2. The van der Waals surface area contributed by atoms with Gasteiger partial charge in [0.05, 0.1) is 25.2 Å². The maximum absolute atomic E-state index is 13.0. The molecule has 1 atom stereocenters. The van der Waals surface area contributed by atoms with Crippen molar-refractivity contribution in [3.05, 3.63) is 0 Å². The Kier molecular flexibility index (Phi) is 41.1. The van der Waals surface area contributed by atoms with E-state index in [1.165, 1.54) is 128 Å². The van der Waals surface area contributed by atoms with Crippen LogP contribution >= 0.6 is 0 Å². The molecule has 0 spiro atoms. The molecule has 0 saturated carbocycles. The van der Waals surface area contributed by atoms with E-state index in [0.717, 1.165) is 103 Å². The molecule has 0 fully saturated rings. The summed E-state index contributed by atoms with van der Waals surface area (Å²) in [7, 11) is 0. The lowest BCUT2D eigenvalue weighted by molar-refractivity contribution is -0.150. The monoisotopic (exact) mass is 752 g/mol. The van der Waals surface area contributed by atoms with Gasteiger partial charge in [0.2, 0.25) is 0 Å². The van der Waals surface area contributed by atoms with Crippen LogP contribution in [0.1, 0.15) is 246 Å². The van der Waals surface area contributed by atoms with Crippen molar-refractivity contribution < 1.29 is 24.2 Å². The number of carbonyl (C=O) groups is 2. The van der Waals surface area contributed by atoms with Gasteiger partial charge in [-0.25, -0.2) is 0 Å². The lowest BCUT2D eigenvalue weighted by atomic mass is 9.94. The lowest BCUT2D eigenvalue weighted by Crippen LogP contribution is -2.29. The van der Waals surface area contributed by atoms with Crippen molar-refractivity contribution in [1.29, 1.82) is 0 Å². The number of nitrogens with zero attached hydrogens (tertiary/aromatic N) is 1. The Bertz CT molecular complexity index is 745. The van der Waals surface area contributed by atoms with E-state index in [1.54, 1.807) is 0 Å². The van der Waals surface area contributed by atoms with Gasteiger partial charge in [-0.2, -0.15) is 0 Å². The Morgan fingerprint density at radius 1 is 0.491 bits per heavy atom. The highest BCUT2D eigenvalue weighted by Gasteiger charge is 2.19. The van der Waals surface area contributed by atoms with Crippen molar-refractivity contribution in [2.24, 2.45) is 5.92 Å². The smallest absolute Gasteiger partial charge is 0.308 e. The van der Waals surface area contributed by atoms with Crippen LogP contribution in [0.5, 0.6) is 0 Å². The van der Waals surface area contributed by atoms with Gasteiger partial charge in [-0.05, 0) is 71.4 Å². The van der Waals surface area contributed by atoms with Crippen LogP contribution in [0.3, 0.4) is 0 Å². The van der Waals surface area contributed by atoms with E-state index in [1.807, 2.05) is 6.92 Å². The van der Waals surface area contributed by atoms with E-state index in [-0.39, 0.29) is 30.6 Å². The summed E-state index contributed by atoms with van der Waals surface area (Å²) in [5, 5.41) is 9.57. The SMILES string of the molecule is CCCCCCCCCCC(C)OC(=O)CCCCCCCN(CCO)CCCCCCCOC(=O)C(CCCCCCCC)CCCCCCCC. The highest BCUT2D eigenvalue weighted by molar-refractivity contribution is 5.72. The maximum Gasteiger partial charge on any atom is 0.308 e. The Morgan fingerprint density at radius 2 is 0.887 bits per heavy atom. The zero-order chi connectivity index (χ0) is 38.9. The van der Waals surface area contributed by atoms with Crippen LogP contribution in [0.25, 0.3) is 0 Å². The fourth-order valence-corrected chi connectivity index (χ4v) is 7.50. The zero-order valence-corrected chi connectivity index (χ0v) is 36.3. The topological polar surface area (TPSA) is 76.1 Å². The highest BCUT2D eigenvalue weighted by Crippen LogP contribution is 2.21. The second-order valence-electron chi connectivity index (χ2n) is 16.4. The van der Waals surface area contributed by atoms with Crippen LogP contribution < -0.4 is 0 Å². The van der Waals surface area contributed by atoms with Gasteiger partial charge in [0.1, 0.15) is 0 Å². The minimum absolute atomic E-state index is 0.0292. The van der Waals surface area contributed by atoms with Crippen molar-refractivity contribution in [3.8, 4) is 0 Å². The zero-order valence-electron chi connectivity index (χ0n) is 36.3. The van der Waals surface area contributed by atoms with Crippen LogP contribution in [0.2, 0.25) is 0 Å². The third-order valence-electron chi connectivity index (χ3n) is 11.1. The molecule has 0 rings (SSSR count). The normalized spacial score (nSPS) is 12.2. The Labute approximate surface area is 331 Å².